The van der Waals surface area contributed by atoms with Crippen LogP contribution in [0.15, 0.2) is 81.8 Å². The molecule has 0 aliphatic carbocycles. The summed E-state index contributed by atoms with van der Waals surface area (Å²) in [6.45, 7) is 0. The fourth-order valence-corrected chi connectivity index (χ4v) is 4.43. The highest BCUT2D eigenvalue weighted by Crippen LogP contribution is 2.23. The third kappa shape index (κ3) is 5.25. The van der Waals surface area contributed by atoms with Gasteiger partial charge >= 0.3 is 0 Å². The molecule has 10 heteroatoms. The molecule has 0 atom stereocenters. The number of carbonyl (C=O) groups is 1. The summed E-state index contributed by atoms with van der Waals surface area (Å²) in [6.07, 6.45) is 1.38. The summed E-state index contributed by atoms with van der Waals surface area (Å²) in [5.74, 6) is 0.262. The van der Waals surface area contributed by atoms with Crippen molar-refractivity contribution in [3.63, 3.8) is 0 Å². The number of thioether (sulfide) groups is 1. The number of hydrogen-bond donors (Lipinski definition) is 1. The van der Waals surface area contributed by atoms with Gasteiger partial charge < -0.3 is 4.74 Å². The Morgan fingerprint density at radius 3 is 2.50 bits per heavy atom. The lowest BCUT2D eigenvalue weighted by Gasteiger charge is -2.13. The number of carbonyl (C=O) groups excluding carboxylic acids is 1. The fraction of sp³-hybridized carbons (Fsp3) is 0.0833. The van der Waals surface area contributed by atoms with Crippen LogP contribution in [0.3, 0.4) is 0 Å². The number of methoxy groups -OCH3 is 1. The summed E-state index contributed by atoms with van der Waals surface area (Å²) in [5.41, 5.74) is 3.87. The van der Waals surface area contributed by atoms with Crippen molar-refractivity contribution in [2.75, 3.05) is 12.9 Å². The van der Waals surface area contributed by atoms with Gasteiger partial charge in [-0.2, -0.15) is 5.10 Å². The first-order valence-electron chi connectivity index (χ1n) is 10.0. The Balaban J connectivity index is 1.57. The standard InChI is InChI=1S/C24H18Cl2N4O3S/c1-33-16-11-9-15(10-12-16)30-23(32)17-5-2-3-8-21(17)28-24(30)34-14-22(31)29-27-13-18-19(25)6-4-7-20(18)26/h2-13H,14H2,1H3,(H,29,31). The van der Waals surface area contributed by atoms with Crippen LogP contribution in [0.4, 0.5) is 0 Å². The summed E-state index contributed by atoms with van der Waals surface area (Å²) in [6, 6.07) is 19.2. The lowest BCUT2D eigenvalue weighted by Crippen LogP contribution is -2.24. The molecule has 1 aromatic heterocycles. The lowest BCUT2D eigenvalue weighted by atomic mass is 10.2. The largest absolute Gasteiger partial charge is 0.497 e. The first-order valence-corrected chi connectivity index (χ1v) is 11.8. The Labute approximate surface area is 209 Å². The zero-order valence-corrected chi connectivity index (χ0v) is 20.2. The topological polar surface area (TPSA) is 85.6 Å². The van der Waals surface area contributed by atoms with E-state index in [2.05, 4.69) is 15.5 Å². The van der Waals surface area contributed by atoms with E-state index in [0.29, 0.717) is 43.1 Å². The number of nitrogens with zero attached hydrogens (tertiary/aromatic N) is 3. The van der Waals surface area contributed by atoms with Gasteiger partial charge in [-0.1, -0.05) is 53.2 Å². The molecule has 0 aliphatic heterocycles. The molecule has 7 nitrogen and oxygen atoms in total. The minimum atomic E-state index is -0.381. The second kappa shape index (κ2) is 10.7. The molecule has 1 amide bonds. The van der Waals surface area contributed by atoms with Gasteiger partial charge in [0.15, 0.2) is 5.16 Å². The third-order valence-corrected chi connectivity index (χ3v) is 6.39. The number of nitrogens with one attached hydrogen (secondary N) is 1. The highest BCUT2D eigenvalue weighted by molar-refractivity contribution is 7.99. The van der Waals surface area contributed by atoms with Gasteiger partial charge in [-0.15, -0.1) is 0 Å². The van der Waals surface area contributed by atoms with Gasteiger partial charge in [0.2, 0.25) is 0 Å². The number of aromatic nitrogens is 2. The van der Waals surface area contributed by atoms with E-state index in [4.69, 9.17) is 27.9 Å². The first kappa shape index (κ1) is 23.8. The highest BCUT2D eigenvalue weighted by atomic mass is 35.5. The Hall–Kier alpha value is -3.33. The molecular formula is C24H18Cl2N4O3S. The second-order valence-electron chi connectivity index (χ2n) is 6.97. The minimum Gasteiger partial charge on any atom is -0.497 e. The molecule has 4 rings (SSSR count). The summed E-state index contributed by atoms with van der Waals surface area (Å²) >= 11 is 13.3. The SMILES string of the molecule is COc1ccc(-n2c(SCC(=O)NN=Cc3c(Cl)cccc3Cl)nc3ccccc3c2=O)cc1. The average Bonchev–Trinajstić information content (AvgIpc) is 2.85. The van der Waals surface area contributed by atoms with Crippen LogP contribution in [0.2, 0.25) is 10.0 Å². The van der Waals surface area contributed by atoms with E-state index in [-0.39, 0.29) is 17.2 Å². The molecule has 4 aromatic rings. The normalized spacial score (nSPS) is 11.1. The number of rotatable bonds is 7. The van der Waals surface area contributed by atoms with E-state index in [1.54, 1.807) is 67.8 Å². The van der Waals surface area contributed by atoms with Crippen molar-refractivity contribution in [1.82, 2.24) is 15.0 Å². The molecule has 0 saturated heterocycles. The van der Waals surface area contributed by atoms with Crippen molar-refractivity contribution in [3.8, 4) is 11.4 Å². The third-order valence-electron chi connectivity index (χ3n) is 4.79. The maximum absolute atomic E-state index is 13.3. The van der Waals surface area contributed by atoms with E-state index in [0.717, 1.165) is 11.8 Å². The Kier molecular flexibility index (Phi) is 7.52. The molecule has 0 unspecified atom stereocenters. The summed E-state index contributed by atoms with van der Waals surface area (Å²) in [7, 11) is 1.57. The lowest BCUT2D eigenvalue weighted by molar-refractivity contribution is -0.118. The van der Waals surface area contributed by atoms with E-state index in [1.165, 1.54) is 10.8 Å². The Morgan fingerprint density at radius 2 is 1.79 bits per heavy atom. The van der Waals surface area contributed by atoms with Crippen molar-refractivity contribution in [1.29, 1.82) is 0 Å². The van der Waals surface area contributed by atoms with E-state index < -0.39 is 0 Å². The number of para-hydroxylation sites is 1. The van der Waals surface area contributed by atoms with Crippen LogP contribution in [0.1, 0.15) is 5.56 Å². The zero-order valence-electron chi connectivity index (χ0n) is 17.9. The average molecular weight is 513 g/mol. The van der Waals surface area contributed by atoms with Crippen LogP contribution in [0.25, 0.3) is 16.6 Å². The number of halogens is 2. The monoisotopic (exact) mass is 512 g/mol. The van der Waals surface area contributed by atoms with Gasteiger partial charge in [0.05, 0.1) is 45.7 Å². The molecule has 0 saturated carbocycles. The number of amides is 1. The Morgan fingerprint density at radius 1 is 1.09 bits per heavy atom. The molecule has 0 aliphatic rings. The van der Waals surface area contributed by atoms with Crippen LogP contribution >= 0.6 is 35.0 Å². The molecule has 1 heterocycles. The molecular weight excluding hydrogens is 495 g/mol. The van der Waals surface area contributed by atoms with Gasteiger partial charge in [-0.3, -0.25) is 14.2 Å². The molecule has 3 aromatic carbocycles. The van der Waals surface area contributed by atoms with Gasteiger partial charge in [0.25, 0.3) is 11.5 Å². The molecule has 0 bridgehead atoms. The van der Waals surface area contributed by atoms with Crippen LogP contribution < -0.4 is 15.7 Å². The molecule has 0 fully saturated rings. The molecule has 172 valence electrons. The number of fused-ring (bicyclic) bond motifs is 1. The summed E-state index contributed by atoms with van der Waals surface area (Å²) in [4.78, 5) is 30.3. The summed E-state index contributed by atoms with van der Waals surface area (Å²) < 4.78 is 6.69. The molecule has 0 radical (unpaired) electrons. The maximum Gasteiger partial charge on any atom is 0.266 e. The van der Waals surface area contributed by atoms with Crippen LogP contribution in [0.5, 0.6) is 5.75 Å². The van der Waals surface area contributed by atoms with Gasteiger partial charge in [-0.25, -0.2) is 10.4 Å². The van der Waals surface area contributed by atoms with Crippen molar-refractivity contribution < 1.29 is 9.53 Å². The second-order valence-corrected chi connectivity index (χ2v) is 8.72. The van der Waals surface area contributed by atoms with Gasteiger partial charge in [0.1, 0.15) is 5.75 Å². The van der Waals surface area contributed by atoms with Crippen LogP contribution in [0, 0.1) is 0 Å². The van der Waals surface area contributed by atoms with E-state index in [9.17, 15) is 9.59 Å². The van der Waals surface area contributed by atoms with Crippen molar-refractivity contribution in [3.05, 3.63) is 92.7 Å². The highest BCUT2D eigenvalue weighted by Gasteiger charge is 2.15. The maximum atomic E-state index is 13.3. The van der Waals surface area contributed by atoms with Crippen LogP contribution in [-0.2, 0) is 4.79 Å². The van der Waals surface area contributed by atoms with Crippen molar-refractivity contribution in [2.45, 2.75) is 5.16 Å². The molecule has 1 N–H and O–H groups in total. The predicted octanol–water partition coefficient (Wildman–Crippen LogP) is 4.94. The number of benzene rings is 3. The fourth-order valence-electron chi connectivity index (χ4n) is 3.13. The van der Waals surface area contributed by atoms with Crippen LogP contribution in [-0.4, -0.2) is 34.5 Å². The zero-order chi connectivity index (χ0) is 24.1. The number of hydrazone groups is 1. The number of hydrogen-bond acceptors (Lipinski definition) is 6. The molecule has 34 heavy (non-hydrogen) atoms. The number of ether oxygens (including phenoxy) is 1. The van der Waals surface area contributed by atoms with Crippen molar-refractivity contribution >= 4 is 58.0 Å². The van der Waals surface area contributed by atoms with Gasteiger partial charge in [0, 0.05) is 5.56 Å². The van der Waals surface area contributed by atoms with E-state index >= 15 is 0 Å². The smallest absolute Gasteiger partial charge is 0.266 e. The summed E-state index contributed by atoms with van der Waals surface area (Å²) in [5, 5.41) is 5.63. The van der Waals surface area contributed by atoms with Crippen molar-refractivity contribution in [2.24, 2.45) is 5.10 Å². The Bertz CT molecular complexity index is 1420. The quantitative estimate of drug-likeness (QED) is 0.164. The van der Waals surface area contributed by atoms with Gasteiger partial charge in [-0.05, 0) is 48.5 Å². The minimum absolute atomic E-state index is 0.0193. The molecule has 0 spiro atoms. The first-order chi connectivity index (χ1) is 16.5. The van der Waals surface area contributed by atoms with E-state index in [1.807, 2.05) is 6.07 Å². The predicted molar refractivity (Wildman–Crippen MR) is 137 cm³/mol.